The van der Waals surface area contributed by atoms with Gasteiger partial charge in [-0.05, 0) is 30.7 Å². The number of hydrazone groups is 1. The van der Waals surface area contributed by atoms with Crippen LogP contribution in [-0.2, 0) is 14.3 Å². The first kappa shape index (κ1) is 20.9. The molecule has 0 fully saturated rings. The monoisotopic (exact) mass is 407 g/mol. The van der Waals surface area contributed by atoms with E-state index in [4.69, 9.17) is 27.9 Å². The largest absolute Gasteiger partial charge is 0.367 e. The van der Waals surface area contributed by atoms with Crippen molar-refractivity contribution in [3.05, 3.63) is 64.1 Å². The van der Waals surface area contributed by atoms with Crippen molar-refractivity contribution in [1.82, 2.24) is 5.43 Å². The van der Waals surface area contributed by atoms with Gasteiger partial charge in [-0.15, -0.1) is 0 Å². The molecule has 0 aliphatic heterocycles. The predicted molar refractivity (Wildman–Crippen MR) is 107 cm³/mol. The van der Waals surface area contributed by atoms with Crippen molar-refractivity contribution in [2.45, 2.75) is 19.4 Å². The molecule has 0 unspecified atom stereocenters. The Labute approximate surface area is 167 Å². The lowest BCUT2D eigenvalue weighted by atomic mass is 10.1. The molecule has 0 aliphatic rings. The fourth-order valence-electron chi connectivity index (χ4n) is 2.29. The van der Waals surface area contributed by atoms with Crippen LogP contribution >= 0.6 is 23.2 Å². The molecule has 2 rings (SSSR count). The normalized spacial score (nSPS) is 12.4. The average molecular weight is 408 g/mol. The molecule has 0 radical (unpaired) electrons. The van der Waals surface area contributed by atoms with Crippen molar-refractivity contribution in [2.24, 2.45) is 5.10 Å². The molecule has 6 nitrogen and oxygen atoms in total. The van der Waals surface area contributed by atoms with Crippen molar-refractivity contribution in [3.63, 3.8) is 0 Å². The van der Waals surface area contributed by atoms with Crippen LogP contribution < -0.4 is 10.7 Å². The highest BCUT2D eigenvalue weighted by Crippen LogP contribution is 2.25. The molecular weight excluding hydrogens is 389 g/mol. The van der Waals surface area contributed by atoms with Crippen LogP contribution in [0.5, 0.6) is 0 Å². The molecule has 0 aliphatic carbocycles. The molecule has 0 aromatic heterocycles. The van der Waals surface area contributed by atoms with Gasteiger partial charge < -0.3 is 10.1 Å². The predicted octanol–water partition coefficient (Wildman–Crippen LogP) is 4.20. The Bertz CT molecular complexity index is 841. The van der Waals surface area contributed by atoms with E-state index in [-0.39, 0.29) is 12.3 Å². The number of hydrogen-bond acceptors (Lipinski definition) is 4. The van der Waals surface area contributed by atoms with E-state index in [2.05, 4.69) is 15.8 Å². The van der Waals surface area contributed by atoms with Crippen LogP contribution in [0.3, 0.4) is 0 Å². The minimum Gasteiger partial charge on any atom is -0.367 e. The number of hydrogen-bond donors (Lipinski definition) is 2. The minimum absolute atomic E-state index is 0.0217. The Morgan fingerprint density at radius 1 is 1.15 bits per heavy atom. The summed E-state index contributed by atoms with van der Waals surface area (Å²) >= 11 is 11.9. The molecule has 2 aromatic carbocycles. The molecule has 2 aromatic rings. The number of benzene rings is 2. The number of rotatable bonds is 7. The van der Waals surface area contributed by atoms with E-state index in [1.165, 1.54) is 7.11 Å². The number of nitrogens with one attached hydrogen (secondary N) is 2. The summed E-state index contributed by atoms with van der Waals surface area (Å²) in [6, 6.07) is 13.8. The number of carbonyl (C=O) groups is 2. The van der Waals surface area contributed by atoms with Crippen molar-refractivity contribution in [1.29, 1.82) is 0 Å². The number of carbonyl (C=O) groups excluding carboxylic acids is 2. The second-order valence-electron chi connectivity index (χ2n) is 5.70. The molecule has 142 valence electrons. The topological polar surface area (TPSA) is 79.8 Å². The summed E-state index contributed by atoms with van der Waals surface area (Å²) in [7, 11) is 1.44. The molecule has 0 spiro atoms. The Hall–Kier alpha value is -2.41. The average Bonchev–Trinajstić information content (AvgIpc) is 2.64. The van der Waals surface area contributed by atoms with Gasteiger partial charge >= 0.3 is 0 Å². The van der Waals surface area contributed by atoms with Crippen LogP contribution in [0.15, 0.2) is 53.6 Å². The second kappa shape index (κ2) is 10.1. The summed E-state index contributed by atoms with van der Waals surface area (Å²) in [6.07, 6.45) is -0.812. The summed E-state index contributed by atoms with van der Waals surface area (Å²) in [5, 5.41) is 7.45. The molecule has 2 amide bonds. The van der Waals surface area contributed by atoms with Crippen molar-refractivity contribution in [2.75, 3.05) is 12.4 Å². The molecule has 1 atom stereocenters. The molecule has 0 saturated heterocycles. The lowest BCUT2D eigenvalue weighted by Gasteiger charge is -2.14. The van der Waals surface area contributed by atoms with Crippen LogP contribution in [0.1, 0.15) is 25.0 Å². The summed E-state index contributed by atoms with van der Waals surface area (Å²) in [5.41, 5.74) is 3.96. The van der Waals surface area contributed by atoms with E-state index in [1.807, 2.05) is 18.2 Å². The SMILES string of the molecule is CO[C@@H](C(=O)N/N=C(/C)CC(=O)Nc1cc(Cl)ccc1Cl)c1ccccc1. The Kier molecular flexibility index (Phi) is 7.79. The van der Waals surface area contributed by atoms with Gasteiger partial charge in [0.25, 0.3) is 5.91 Å². The maximum absolute atomic E-state index is 12.3. The van der Waals surface area contributed by atoms with Crippen molar-refractivity contribution >= 4 is 46.4 Å². The van der Waals surface area contributed by atoms with Gasteiger partial charge in [-0.2, -0.15) is 5.10 Å². The Morgan fingerprint density at radius 3 is 2.52 bits per heavy atom. The summed E-state index contributed by atoms with van der Waals surface area (Å²) in [4.78, 5) is 24.4. The maximum atomic E-state index is 12.3. The third-order valence-corrected chi connectivity index (χ3v) is 4.12. The van der Waals surface area contributed by atoms with Gasteiger partial charge in [-0.1, -0.05) is 53.5 Å². The highest BCUT2D eigenvalue weighted by molar-refractivity contribution is 6.35. The van der Waals surface area contributed by atoms with E-state index in [1.54, 1.807) is 37.3 Å². The first-order valence-corrected chi connectivity index (χ1v) is 8.82. The number of ether oxygens (including phenoxy) is 1. The number of nitrogens with zero attached hydrogens (tertiary/aromatic N) is 1. The molecule has 2 N–H and O–H groups in total. The van der Waals surface area contributed by atoms with Crippen molar-refractivity contribution in [3.8, 4) is 0 Å². The highest BCUT2D eigenvalue weighted by atomic mass is 35.5. The number of methoxy groups -OCH3 is 1. The zero-order valence-electron chi connectivity index (χ0n) is 14.8. The smallest absolute Gasteiger partial charge is 0.273 e. The molecule has 0 bridgehead atoms. The van der Waals surface area contributed by atoms with Crippen LogP contribution in [0, 0.1) is 0 Å². The third kappa shape index (κ3) is 6.36. The lowest BCUT2D eigenvalue weighted by molar-refractivity contribution is -0.131. The third-order valence-electron chi connectivity index (χ3n) is 3.55. The van der Waals surface area contributed by atoms with E-state index in [9.17, 15) is 9.59 Å². The van der Waals surface area contributed by atoms with Crippen LogP contribution in [0.25, 0.3) is 0 Å². The number of halogens is 2. The second-order valence-corrected chi connectivity index (χ2v) is 6.54. The molecule has 27 heavy (non-hydrogen) atoms. The first-order chi connectivity index (χ1) is 12.9. The fraction of sp³-hybridized carbons (Fsp3) is 0.211. The van der Waals surface area contributed by atoms with Crippen molar-refractivity contribution < 1.29 is 14.3 Å². The molecule has 0 heterocycles. The van der Waals surface area contributed by atoms with E-state index >= 15 is 0 Å². The van der Waals surface area contributed by atoms with Gasteiger partial charge in [0.05, 0.1) is 17.1 Å². The van der Waals surface area contributed by atoms with E-state index in [0.29, 0.717) is 27.0 Å². The van der Waals surface area contributed by atoms with Gasteiger partial charge in [0.1, 0.15) is 0 Å². The van der Waals surface area contributed by atoms with Crippen LogP contribution in [0.4, 0.5) is 5.69 Å². The number of amides is 2. The van der Waals surface area contributed by atoms with Crippen LogP contribution in [0.2, 0.25) is 10.0 Å². The lowest BCUT2D eigenvalue weighted by Crippen LogP contribution is -2.28. The van der Waals surface area contributed by atoms with Gasteiger partial charge in [0, 0.05) is 17.8 Å². The molecule has 0 saturated carbocycles. The van der Waals surface area contributed by atoms with Gasteiger partial charge in [0.15, 0.2) is 6.10 Å². The number of anilines is 1. The minimum atomic E-state index is -0.790. The quantitative estimate of drug-likeness (QED) is 0.532. The van der Waals surface area contributed by atoms with E-state index in [0.717, 1.165) is 0 Å². The van der Waals surface area contributed by atoms with Gasteiger partial charge in [-0.25, -0.2) is 5.43 Å². The van der Waals surface area contributed by atoms with Gasteiger partial charge in [-0.3, -0.25) is 9.59 Å². The van der Waals surface area contributed by atoms with Gasteiger partial charge in [0.2, 0.25) is 5.91 Å². The first-order valence-electron chi connectivity index (χ1n) is 8.06. The standard InChI is InChI=1S/C19H19Cl2N3O3/c1-12(10-17(25)22-16-11-14(20)8-9-15(16)21)23-24-19(26)18(27-2)13-6-4-3-5-7-13/h3-9,11,18H,10H2,1-2H3,(H,22,25)(H,24,26)/b23-12-/t18-/m1/s1. The summed E-state index contributed by atoms with van der Waals surface area (Å²) in [5.74, 6) is -0.762. The zero-order chi connectivity index (χ0) is 19.8. The molecular formula is C19H19Cl2N3O3. The van der Waals surface area contributed by atoms with Crippen LogP contribution in [-0.4, -0.2) is 24.6 Å². The Balaban J connectivity index is 1.93. The maximum Gasteiger partial charge on any atom is 0.273 e. The highest BCUT2D eigenvalue weighted by Gasteiger charge is 2.19. The summed E-state index contributed by atoms with van der Waals surface area (Å²) in [6.45, 7) is 1.63. The fourth-order valence-corrected chi connectivity index (χ4v) is 2.63. The summed E-state index contributed by atoms with van der Waals surface area (Å²) < 4.78 is 5.23. The zero-order valence-corrected chi connectivity index (χ0v) is 16.3. The molecule has 8 heteroatoms. The van der Waals surface area contributed by atoms with E-state index < -0.39 is 12.0 Å². The Morgan fingerprint density at radius 2 is 1.85 bits per heavy atom.